The van der Waals surface area contributed by atoms with Gasteiger partial charge in [-0.3, -0.25) is 9.59 Å². The van der Waals surface area contributed by atoms with Crippen LogP contribution in [0.5, 0.6) is 5.75 Å². The molecule has 110 valence electrons. The van der Waals surface area contributed by atoms with Crippen molar-refractivity contribution < 1.29 is 19.4 Å². The molecule has 7 heteroatoms. The molecule has 1 rings (SSSR count). The molecule has 1 aromatic rings. The van der Waals surface area contributed by atoms with Crippen molar-refractivity contribution in [3.63, 3.8) is 0 Å². The van der Waals surface area contributed by atoms with Crippen LogP contribution in [-0.4, -0.2) is 36.7 Å². The van der Waals surface area contributed by atoms with Gasteiger partial charge in [0.05, 0.1) is 12.8 Å². The number of aliphatic carboxylic acids is 1. The molecular weight excluding hydrogens is 284 g/mol. The quantitative estimate of drug-likeness (QED) is 0.714. The van der Waals surface area contributed by atoms with E-state index in [4.69, 9.17) is 21.4 Å². The van der Waals surface area contributed by atoms with Crippen LogP contribution in [0.25, 0.3) is 0 Å². The van der Waals surface area contributed by atoms with Crippen LogP contribution in [0.4, 0.5) is 5.69 Å². The maximum Gasteiger partial charge on any atom is 0.325 e. The number of carboxylic acid groups (broad SMARTS) is 1. The van der Waals surface area contributed by atoms with E-state index in [9.17, 15) is 9.59 Å². The van der Waals surface area contributed by atoms with Crippen molar-refractivity contribution in [3.05, 3.63) is 23.2 Å². The normalized spacial score (nSPS) is 11.6. The summed E-state index contributed by atoms with van der Waals surface area (Å²) in [4.78, 5) is 22.1. The number of hydrogen-bond donors (Lipinski definition) is 3. The fourth-order valence-electron chi connectivity index (χ4n) is 1.50. The predicted octanol–water partition coefficient (Wildman–Crippen LogP) is 1.74. The third-order valence-corrected chi connectivity index (χ3v) is 2.81. The number of rotatable bonds is 7. The second-order valence-corrected chi connectivity index (χ2v) is 4.59. The predicted molar refractivity (Wildman–Crippen MR) is 76.4 cm³/mol. The summed E-state index contributed by atoms with van der Waals surface area (Å²) in [6.07, 6.45) is 0.146. The number of carboxylic acids is 1. The average molecular weight is 301 g/mol. The molecule has 1 aromatic carbocycles. The molecule has 3 N–H and O–H groups in total. The minimum Gasteiger partial charge on any atom is -0.495 e. The molecule has 0 aromatic heterocycles. The van der Waals surface area contributed by atoms with Crippen molar-refractivity contribution in [1.29, 1.82) is 0 Å². The van der Waals surface area contributed by atoms with Crippen LogP contribution in [0.1, 0.15) is 13.3 Å². The van der Waals surface area contributed by atoms with E-state index in [0.29, 0.717) is 23.0 Å². The summed E-state index contributed by atoms with van der Waals surface area (Å²) in [6.45, 7) is 1.75. The number of methoxy groups -OCH3 is 1. The van der Waals surface area contributed by atoms with Crippen LogP contribution in [0.2, 0.25) is 5.02 Å². The van der Waals surface area contributed by atoms with Gasteiger partial charge in [-0.05, 0) is 25.1 Å². The Morgan fingerprint density at radius 3 is 2.75 bits per heavy atom. The Hall–Kier alpha value is -1.95. The van der Waals surface area contributed by atoms with Crippen LogP contribution in [0.15, 0.2) is 18.2 Å². The van der Waals surface area contributed by atoms with E-state index in [2.05, 4.69) is 10.6 Å². The van der Waals surface area contributed by atoms with Crippen molar-refractivity contribution in [2.45, 2.75) is 19.4 Å². The Morgan fingerprint density at radius 2 is 2.15 bits per heavy atom. The van der Waals surface area contributed by atoms with Crippen LogP contribution < -0.4 is 15.4 Å². The van der Waals surface area contributed by atoms with Gasteiger partial charge in [-0.15, -0.1) is 0 Å². The Bertz CT molecular complexity index is 493. The largest absolute Gasteiger partial charge is 0.495 e. The molecule has 0 fully saturated rings. The van der Waals surface area contributed by atoms with Gasteiger partial charge in [-0.1, -0.05) is 11.6 Å². The van der Waals surface area contributed by atoms with E-state index < -0.39 is 12.0 Å². The minimum atomic E-state index is -1.07. The molecule has 0 saturated carbocycles. The van der Waals surface area contributed by atoms with Gasteiger partial charge in [-0.25, -0.2) is 0 Å². The van der Waals surface area contributed by atoms with E-state index in [1.54, 1.807) is 18.2 Å². The standard InChI is InChI=1S/C13H17ClN2O4/c1-8(13(18)19)16-12(17)5-6-15-10-7-9(14)3-4-11(10)20-2/h3-4,7-8,15H,5-6H2,1-2H3,(H,16,17)(H,18,19). The summed E-state index contributed by atoms with van der Waals surface area (Å²) in [6, 6.07) is 4.21. The molecule has 0 aliphatic rings. The summed E-state index contributed by atoms with van der Waals surface area (Å²) in [5.41, 5.74) is 0.680. The number of carbonyl (C=O) groups is 2. The van der Waals surface area contributed by atoms with Crippen molar-refractivity contribution in [2.75, 3.05) is 19.0 Å². The van der Waals surface area contributed by atoms with Gasteiger partial charge < -0.3 is 20.5 Å². The van der Waals surface area contributed by atoms with Crippen LogP contribution in [-0.2, 0) is 9.59 Å². The third-order valence-electron chi connectivity index (χ3n) is 2.58. The zero-order valence-electron chi connectivity index (χ0n) is 11.3. The van der Waals surface area contributed by atoms with Gasteiger partial charge in [0.1, 0.15) is 11.8 Å². The maximum absolute atomic E-state index is 11.5. The summed E-state index contributed by atoms with van der Waals surface area (Å²) in [7, 11) is 1.54. The number of halogens is 1. The fourth-order valence-corrected chi connectivity index (χ4v) is 1.68. The van der Waals surface area contributed by atoms with E-state index >= 15 is 0 Å². The molecule has 0 saturated heterocycles. The molecule has 6 nitrogen and oxygen atoms in total. The first-order valence-electron chi connectivity index (χ1n) is 6.03. The SMILES string of the molecule is COc1ccc(Cl)cc1NCCC(=O)NC(C)C(=O)O. The maximum atomic E-state index is 11.5. The van der Waals surface area contributed by atoms with Gasteiger partial charge in [0, 0.05) is 18.0 Å². The number of hydrogen-bond acceptors (Lipinski definition) is 4. The highest BCUT2D eigenvalue weighted by molar-refractivity contribution is 6.30. The molecule has 0 radical (unpaired) electrons. The lowest BCUT2D eigenvalue weighted by Gasteiger charge is -2.12. The van der Waals surface area contributed by atoms with E-state index in [0.717, 1.165) is 0 Å². The monoisotopic (exact) mass is 300 g/mol. The van der Waals surface area contributed by atoms with Crippen LogP contribution in [0, 0.1) is 0 Å². The molecule has 1 amide bonds. The van der Waals surface area contributed by atoms with Crippen molar-refractivity contribution in [2.24, 2.45) is 0 Å². The number of benzene rings is 1. The average Bonchev–Trinajstić information content (AvgIpc) is 2.38. The number of nitrogens with one attached hydrogen (secondary N) is 2. The fraction of sp³-hybridized carbons (Fsp3) is 0.385. The Morgan fingerprint density at radius 1 is 1.45 bits per heavy atom. The zero-order chi connectivity index (χ0) is 15.1. The van der Waals surface area contributed by atoms with Gasteiger partial charge in [0.2, 0.25) is 5.91 Å². The Labute approximate surface area is 122 Å². The molecule has 0 heterocycles. The van der Waals surface area contributed by atoms with Gasteiger partial charge in [-0.2, -0.15) is 0 Å². The highest BCUT2D eigenvalue weighted by Gasteiger charge is 2.13. The number of anilines is 1. The first kappa shape index (κ1) is 16.1. The lowest BCUT2D eigenvalue weighted by Crippen LogP contribution is -2.38. The van der Waals surface area contributed by atoms with Crippen molar-refractivity contribution >= 4 is 29.2 Å². The van der Waals surface area contributed by atoms with Crippen LogP contribution >= 0.6 is 11.6 Å². The summed E-state index contributed by atoms with van der Waals surface area (Å²) in [5.74, 6) is -0.787. The van der Waals surface area contributed by atoms with Gasteiger partial charge in [0.25, 0.3) is 0 Å². The molecule has 20 heavy (non-hydrogen) atoms. The third kappa shape index (κ3) is 4.97. The highest BCUT2D eigenvalue weighted by atomic mass is 35.5. The minimum absolute atomic E-state index is 0.146. The Kier molecular flexibility index (Phi) is 6.11. The van der Waals surface area contributed by atoms with Gasteiger partial charge >= 0.3 is 5.97 Å². The lowest BCUT2D eigenvalue weighted by molar-refractivity contribution is -0.141. The van der Waals surface area contributed by atoms with E-state index in [-0.39, 0.29) is 12.3 Å². The van der Waals surface area contributed by atoms with E-state index in [1.807, 2.05) is 0 Å². The first-order chi connectivity index (χ1) is 9.43. The number of ether oxygens (including phenoxy) is 1. The van der Waals surface area contributed by atoms with Gasteiger partial charge in [0.15, 0.2) is 0 Å². The molecule has 0 aliphatic heterocycles. The van der Waals surface area contributed by atoms with Crippen molar-refractivity contribution in [1.82, 2.24) is 5.32 Å². The summed E-state index contributed by atoms with van der Waals surface area (Å²) >= 11 is 5.88. The smallest absolute Gasteiger partial charge is 0.325 e. The molecule has 1 atom stereocenters. The lowest BCUT2D eigenvalue weighted by atomic mass is 10.2. The first-order valence-corrected chi connectivity index (χ1v) is 6.41. The zero-order valence-corrected chi connectivity index (χ0v) is 12.0. The van der Waals surface area contributed by atoms with Crippen LogP contribution in [0.3, 0.4) is 0 Å². The summed E-state index contributed by atoms with van der Waals surface area (Å²) in [5, 5.41) is 14.6. The number of carbonyl (C=O) groups excluding carboxylic acids is 1. The molecule has 0 aliphatic carbocycles. The Balaban J connectivity index is 2.46. The van der Waals surface area contributed by atoms with Crippen molar-refractivity contribution in [3.8, 4) is 5.75 Å². The topological polar surface area (TPSA) is 87.7 Å². The summed E-state index contributed by atoms with van der Waals surface area (Å²) < 4.78 is 5.15. The molecule has 1 unspecified atom stereocenters. The molecular formula is C13H17ClN2O4. The molecule has 0 bridgehead atoms. The number of amides is 1. The molecule has 0 spiro atoms. The second kappa shape index (κ2) is 7.59. The highest BCUT2D eigenvalue weighted by Crippen LogP contribution is 2.27. The second-order valence-electron chi connectivity index (χ2n) is 4.15. The van der Waals surface area contributed by atoms with E-state index in [1.165, 1.54) is 14.0 Å².